The van der Waals surface area contributed by atoms with Crippen LogP contribution >= 0.6 is 0 Å². The zero-order valence-corrected chi connectivity index (χ0v) is 14.5. The van der Waals surface area contributed by atoms with Crippen molar-refractivity contribution in [3.8, 4) is 0 Å². The average molecular weight is 364 g/mol. The molecule has 4 aromatic rings. The summed E-state index contributed by atoms with van der Waals surface area (Å²) in [6, 6.07) is 14.2. The summed E-state index contributed by atoms with van der Waals surface area (Å²) < 4.78 is 11.4. The quantitative estimate of drug-likeness (QED) is 0.434. The number of ether oxygens (including phenoxy) is 1. The van der Waals surface area contributed by atoms with Gasteiger partial charge in [-0.25, -0.2) is 4.79 Å². The van der Waals surface area contributed by atoms with Crippen molar-refractivity contribution >= 4 is 33.8 Å². The zero-order chi connectivity index (χ0) is 19.0. The Morgan fingerprint density at radius 3 is 2.70 bits per heavy atom. The number of rotatable bonds is 5. The summed E-state index contributed by atoms with van der Waals surface area (Å²) in [6.07, 6.45) is 0. The van der Waals surface area contributed by atoms with Crippen LogP contribution in [0.3, 0.4) is 0 Å². The maximum Gasteiger partial charge on any atom is 0.420 e. The van der Waals surface area contributed by atoms with Gasteiger partial charge in [0.1, 0.15) is 6.54 Å². The summed E-state index contributed by atoms with van der Waals surface area (Å²) in [4.78, 5) is 39.7. The van der Waals surface area contributed by atoms with Crippen LogP contribution in [0.2, 0.25) is 0 Å². The lowest BCUT2D eigenvalue weighted by atomic mass is 10.1. The van der Waals surface area contributed by atoms with E-state index in [0.29, 0.717) is 22.4 Å². The second-order valence-corrected chi connectivity index (χ2v) is 6.18. The maximum atomic E-state index is 12.5. The van der Waals surface area contributed by atoms with E-state index in [1.807, 2.05) is 24.3 Å². The molecule has 0 spiro atoms. The maximum absolute atomic E-state index is 12.5. The summed E-state index contributed by atoms with van der Waals surface area (Å²) in [6.45, 7) is 1.08. The van der Waals surface area contributed by atoms with Crippen molar-refractivity contribution in [2.45, 2.75) is 13.5 Å². The Labute approximate surface area is 153 Å². The molecular formula is C20H16N2O5. The van der Waals surface area contributed by atoms with Gasteiger partial charge >= 0.3 is 11.7 Å². The fourth-order valence-corrected chi connectivity index (χ4v) is 3.19. The molecule has 0 radical (unpaired) electrons. The number of ketones is 1. The smallest absolute Gasteiger partial charge is 0.420 e. The van der Waals surface area contributed by atoms with Gasteiger partial charge in [-0.1, -0.05) is 30.3 Å². The van der Waals surface area contributed by atoms with Crippen molar-refractivity contribution in [2.24, 2.45) is 0 Å². The van der Waals surface area contributed by atoms with E-state index in [1.54, 1.807) is 31.2 Å². The number of nitrogens with one attached hydrogen (secondary N) is 1. The van der Waals surface area contributed by atoms with E-state index in [1.165, 1.54) is 4.57 Å². The number of esters is 1. The number of benzene rings is 2. The number of aromatic nitrogens is 2. The minimum Gasteiger partial charge on any atom is -0.456 e. The molecule has 0 saturated heterocycles. The number of aryl methyl sites for hydroxylation is 1. The minimum absolute atomic E-state index is 0.303. The van der Waals surface area contributed by atoms with Crippen molar-refractivity contribution in [1.29, 1.82) is 0 Å². The fraction of sp³-hybridized carbons (Fsp3) is 0.150. The highest BCUT2D eigenvalue weighted by Crippen LogP contribution is 2.22. The number of hydrogen-bond acceptors (Lipinski definition) is 5. The number of para-hydroxylation sites is 3. The molecule has 0 fully saturated rings. The first-order valence-corrected chi connectivity index (χ1v) is 8.39. The number of nitrogens with zero attached hydrogens (tertiary/aromatic N) is 1. The van der Waals surface area contributed by atoms with Gasteiger partial charge in [-0.05, 0) is 25.1 Å². The third kappa shape index (κ3) is 3.03. The first kappa shape index (κ1) is 16.8. The van der Waals surface area contributed by atoms with E-state index >= 15 is 0 Å². The summed E-state index contributed by atoms with van der Waals surface area (Å²) in [5, 5.41) is 0.785. The van der Waals surface area contributed by atoms with Gasteiger partial charge < -0.3 is 14.1 Å². The molecular weight excluding hydrogens is 348 g/mol. The third-order valence-corrected chi connectivity index (χ3v) is 4.40. The largest absolute Gasteiger partial charge is 0.456 e. The Hall–Kier alpha value is -3.61. The van der Waals surface area contributed by atoms with Gasteiger partial charge in [-0.3, -0.25) is 14.2 Å². The fourth-order valence-electron chi connectivity index (χ4n) is 3.19. The number of oxazole rings is 1. The first-order chi connectivity index (χ1) is 13.0. The molecule has 0 aliphatic carbocycles. The summed E-state index contributed by atoms with van der Waals surface area (Å²) in [5.74, 6) is -1.64. The lowest BCUT2D eigenvalue weighted by Crippen LogP contribution is -2.23. The van der Waals surface area contributed by atoms with Crippen LogP contribution in [0.4, 0.5) is 0 Å². The van der Waals surface area contributed by atoms with Gasteiger partial charge in [-0.15, -0.1) is 0 Å². The normalized spacial score (nSPS) is 11.1. The van der Waals surface area contributed by atoms with Gasteiger partial charge in [0.05, 0.1) is 5.52 Å². The second-order valence-electron chi connectivity index (χ2n) is 6.18. The van der Waals surface area contributed by atoms with Crippen LogP contribution in [-0.4, -0.2) is 27.9 Å². The number of fused-ring (bicyclic) bond motifs is 2. The zero-order valence-electron chi connectivity index (χ0n) is 14.5. The van der Waals surface area contributed by atoms with Crippen LogP contribution in [-0.2, 0) is 16.1 Å². The number of aromatic amines is 1. The highest BCUT2D eigenvalue weighted by atomic mass is 16.5. The number of carbonyl (C=O) groups excluding carboxylic acids is 2. The van der Waals surface area contributed by atoms with Crippen molar-refractivity contribution in [2.75, 3.05) is 6.61 Å². The molecule has 7 nitrogen and oxygen atoms in total. The van der Waals surface area contributed by atoms with Gasteiger partial charge in [0.15, 0.2) is 12.2 Å². The molecule has 7 heteroatoms. The van der Waals surface area contributed by atoms with Crippen molar-refractivity contribution < 1.29 is 18.7 Å². The molecule has 0 saturated carbocycles. The topological polar surface area (TPSA) is 94.3 Å². The molecule has 2 aromatic carbocycles. The van der Waals surface area contributed by atoms with E-state index in [-0.39, 0.29) is 12.3 Å². The van der Waals surface area contributed by atoms with Gasteiger partial charge in [-0.2, -0.15) is 0 Å². The molecule has 27 heavy (non-hydrogen) atoms. The van der Waals surface area contributed by atoms with Gasteiger partial charge in [0.2, 0.25) is 5.78 Å². The van der Waals surface area contributed by atoms with Gasteiger partial charge in [0, 0.05) is 22.2 Å². The molecule has 4 rings (SSSR count). The van der Waals surface area contributed by atoms with Crippen LogP contribution in [0, 0.1) is 6.92 Å². The minimum atomic E-state index is -0.686. The number of carbonyl (C=O) groups is 2. The third-order valence-electron chi connectivity index (χ3n) is 4.40. The molecule has 0 aliphatic heterocycles. The Balaban J connectivity index is 1.49. The van der Waals surface area contributed by atoms with Crippen LogP contribution < -0.4 is 5.76 Å². The molecule has 136 valence electrons. The molecule has 1 N–H and O–H groups in total. The molecule has 0 aliphatic rings. The lowest BCUT2D eigenvalue weighted by molar-refractivity contribution is -0.143. The summed E-state index contributed by atoms with van der Waals surface area (Å²) in [5.41, 5.74) is 2.96. The predicted molar refractivity (Wildman–Crippen MR) is 98.8 cm³/mol. The molecule has 2 heterocycles. The highest BCUT2D eigenvalue weighted by molar-refractivity contribution is 6.10. The van der Waals surface area contributed by atoms with E-state index in [4.69, 9.17) is 9.15 Å². The number of hydrogen-bond donors (Lipinski definition) is 1. The Morgan fingerprint density at radius 2 is 1.85 bits per heavy atom. The monoisotopic (exact) mass is 364 g/mol. The highest BCUT2D eigenvalue weighted by Gasteiger charge is 2.19. The van der Waals surface area contributed by atoms with E-state index in [0.717, 1.165) is 10.9 Å². The molecule has 0 unspecified atom stereocenters. The second kappa shape index (κ2) is 6.60. The van der Waals surface area contributed by atoms with Crippen molar-refractivity contribution in [1.82, 2.24) is 9.55 Å². The Morgan fingerprint density at radius 1 is 1.11 bits per heavy atom. The summed E-state index contributed by atoms with van der Waals surface area (Å²) in [7, 11) is 0. The van der Waals surface area contributed by atoms with Crippen LogP contribution in [0.25, 0.3) is 22.0 Å². The summed E-state index contributed by atoms with van der Waals surface area (Å²) >= 11 is 0. The predicted octanol–water partition coefficient (Wildman–Crippen LogP) is 2.81. The lowest BCUT2D eigenvalue weighted by Gasteiger charge is -2.05. The van der Waals surface area contributed by atoms with E-state index < -0.39 is 18.3 Å². The molecule has 0 bridgehead atoms. The van der Waals surface area contributed by atoms with Gasteiger partial charge in [0.25, 0.3) is 0 Å². The van der Waals surface area contributed by atoms with E-state index in [2.05, 4.69) is 4.98 Å². The van der Waals surface area contributed by atoms with Crippen molar-refractivity contribution in [3.05, 3.63) is 70.3 Å². The Bertz CT molecular complexity index is 1230. The van der Waals surface area contributed by atoms with Crippen LogP contribution in [0.1, 0.15) is 16.1 Å². The van der Waals surface area contributed by atoms with Crippen molar-refractivity contribution in [3.63, 3.8) is 0 Å². The van der Waals surface area contributed by atoms with E-state index in [9.17, 15) is 14.4 Å². The standard InChI is InChI=1S/C20H16N2O5/c1-12-19(13-6-2-3-7-14(13)21-12)16(23)11-26-18(24)10-22-15-8-4-5-9-17(15)27-20(22)25/h2-9,21H,10-11H2,1H3. The Kier molecular flexibility index (Phi) is 4.12. The van der Waals surface area contributed by atoms with Crippen LogP contribution in [0.5, 0.6) is 0 Å². The number of H-pyrrole nitrogens is 1. The average Bonchev–Trinajstić information content (AvgIpc) is 3.16. The number of Topliss-reactive ketones (excluding diaryl/α,β-unsaturated/α-hetero) is 1. The molecule has 0 atom stereocenters. The SMILES string of the molecule is Cc1[nH]c2ccccc2c1C(=O)COC(=O)Cn1c(=O)oc2ccccc21. The first-order valence-electron chi connectivity index (χ1n) is 8.39. The van der Waals surface area contributed by atoms with Crippen LogP contribution in [0.15, 0.2) is 57.7 Å². The molecule has 2 aromatic heterocycles. The molecule has 0 amide bonds.